The van der Waals surface area contributed by atoms with Gasteiger partial charge in [0.1, 0.15) is 0 Å². The Labute approximate surface area is 223 Å². The Morgan fingerprint density at radius 1 is 0.514 bits per heavy atom. The Morgan fingerprint density at radius 3 is 1.11 bits per heavy atom. The van der Waals surface area contributed by atoms with Crippen molar-refractivity contribution >= 4 is 39.1 Å². The summed E-state index contributed by atoms with van der Waals surface area (Å²) in [4.78, 5) is 1.22. The fourth-order valence-corrected chi connectivity index (χ4v) is 16.8. The summed E-state index contributed by atoms with van der Waals surface area (Å²) in [6.45, 7) is 24.7. The highest BCUT2D eigenvalue weighted by Crippen LogP contribution is 2.49. The molecule has 0 nitrogen and oxygen atoms in total. The van der Waals surface area contributed by atoms with Gasteiger partial charge in [-0.05, 0) is 33.0 Å². The summed E-state index contributed by atoms with van der Waals surface area (Å²) in [7, 11) is -3.73. The summed E-state index contributed by atoms with van der Waals surface area (Å²) in [6.07, 6.45) is 0. The molecule has 0 aliphatic carbocycles. The van der Waals surface area contributed by atoms with Crippen LogP contribution in [-0.4, -0.2) is 16.1 Å². The van der Waals surface area contributed by atoms with E-state index in [1.54, 1.807) is 0 Å². The molecule has 0 radical (unpaired) electrons. The van der Waals surface area contributed by atoms with E-state index in [9.17, 15) is 0 Å². The third-order valence-corrected chi connectivity index (χ3v) is 17.3. The smallest absolute Gasteiger partial charge is 0.0885 e. The van der Waals surface area contributed by atoms with Gasteiger partial charge in [0.2, 0.25) is 0 Å². The summed E-state index contributed by atoms with van der Waals surface area (Å²) in [6, 6.07) is 29.5. The molecule has 0 heterocycles. The zero-order valence-electron chi connectivity index (χ0n) is 23.6. The molecule has 0 N–H and O–H groups in total. The van der Waals surface area contributed by atoms with Crippen LogP contribution in [0.25, 0.3) is 0 Å². The lowest BCUT2D eigenvalue weighted by molar-refractivity contribution is 0.374. The average Bonchev–Trinajstić information content (AvgIpc) is 2.75. The highest BCUT2D eigenvalue weighted by Gasteiger charge is 2.46. The molecule has 2 unspecified atom stereocenters. The minimum atomic E-state index is -1.87. The van der Waals surface area contributed by atoms with Gasteiger partial charge in [0.15, 0.2) is 0 Å². The van der Waals surface area contributed by atoms with E-state index in [1.165, 1.54) is 26.4 Å². The molecule has 188 valence electrons. The lowest BCUT2D eigenvalue weighted by atomic mass is 9.83. The molecule has 3 rings (SSSR count). The van der Waals surface area contributed by atoms with Crippen LogP contribution in [0.4, 0.5) is 0 Å². The van der Waals surface area contributed by atoms with Crippen LogP contribution in [0.1, 0.15) is 63.8 Å². The summed E-state index contributed by atoms with van der Waals surface area (Å²) in [5, 5.41) is 3.04. The molecule has 0 aliphatic rings. The number of hydrogen-bond donors (Lipinski definition) is 1. The molecule has 3 aromatic carbocycles. The molecule has 0 amide bonds. The first-order valence-electron chi connectivity index (χ1n) is 13.0. The van der Waals surface area contributed by atoms with E-state index < -0.39 is 16.1 Å². The Morgan fingerprint density at radius 2 is 0.829 bits per heavy atom. The number of hydrogen-bond acceptors (Lipinski definition) is 1. The van der Waals surface area contributed by atoms with Gasteiger partial charge in [-0.25, -0.2) is 0 Å². The second-order valence-electron chi connectivity index (χ2n) is 13.6. The van der Waals surface area contributed by atoms with Crippen molar-refractivity contribution in [1.29, 1.82) is 0 Å². The summed E-state index contributed by atoms with van der Waals surface area (Å²) < 4.78 is 0. The molecule has 0 aliphatic heterocycles. The second-order valence-corrected chi connectivity index (χ2v) is 23.2. The molecule has 2 atom stereocenters. The quantitative estimate of drug-likeness (QED) is 0.245. The van der Waals surface area contributed by atoms with Crippen LogP contribution in [0, 0.1) is 10.8 Å². The van der Waals surface area contributed by atoms with Crippen molar-refractivity contribution in [3.05, 3.63) is 90.0 Å². The van der Waals surface area contributed by atoms with Gasteiger partial charge in [0.25, 0.3) is 0 Å². The maximum absolute atomic E-state index is 5.39. The van der Waals surface area contributed by atoms with Gasteiger partial charge in [-0.15, -0.1) is 12.6 Å². The molecule has 3 aromatic rings. The van der Waals surface area contributed by atoms with Crippen molar-refractivity contribution in [2.75, 3.05) is 0 Å². The number of benzene rings is 3. The van der Waals surface area contributed by atoms with E-state index in [2.05, 4.69) is 147 Å². The van der Waals surface area contributed by atoms with Crippen molar-refractivity contribution in [1.82, 2.24) is 0 Å². The second kappa shape index (κ2) is 10.1. The van der Waals surface area contributed by atoms with Crippen molar-refractivity contribution in [3.63, 3.8) is 0 Å². The molecule has 0 saturated carbocycles. The lowest BCUT2D eigenvalue weighted by Gasteiger charge is -2.45. The Kier molecular flexibility index (Phi) is 8.06. The zero-order valence-corrected chi connectivity index (χ0v) is 26.5. The average molecular weight is 519 g/mol. The molecule has 0 spiro atoms. The molecule has 35 heavy (non-hydrogen) atoms. The van der Waals surface area contributed by atoms with E-state index >= 15 is 0 Å². The maximum atomic E-state index is 5.39. The fourth-order valence-electron chi connectivity index (χ4n) is 6.99. The molecule has 3 heteroatoms. The monoisotopic (exact) mass is 518 g/mol. The largest absolute Gasteiger partial charge is 0.143 e. The molecule has 0 bridgehead atoms. The first-order chi connectivity index (χ1) is 16.1. The van der Waals surface area contributed by atoms with Crippen molar-refractivity contribution in [2.24, 2.45) is 10.8 Å². The highest BCUT2D eigenvalue weighted by molar-refractivity contribution is 7.80. The van der Waals surface area contributed by atoms with Crippen molar-refractivity contribution in [2.45, 2.75) is 83.7 Å². The summed E-state index contributed by atoms with van der Waals surface area (Å²) in [5.74, 6) is 0. The Balaban J connectivity index is 2.25. The minimum absolute atomic E-state index is 0.130. The third-order valence-electron chi connectivity index (χ3n) is 7.93. The van der Waals surface area contributed by atoms with Gasteiger partial charge in [-0.1, -0.05) is 157 Å². The standard InChI is InChI=1S/C32H46SSi2/c1-31(2,3)29(34(7,8)24-18-13-11-14-19-24)26-22-17-23-27(28(26)33)30(32(4,5)6)35(9,10)25-20-15-12-16-21-25/h11-23,29-30,33H,1-10H3. The lowest BCUT2D eigenvalue weighted by Crippen LogP contribution is -2.53. The van der Waals surface area contributed by atoms with E-state index in [0.717, 1.165) is 0 Å². The van der Waals surface area contributed by atoms with Gasteiger partial charge in [-0.2, -0.15) is 0 Å². The number of rotatable bonds is 6. The Hall–Kier alpha value is -1.56. The van der Waals surface area contributed by atoms with Gasteiger partial charge in [-0.3, -0.25) is 0 Å². The predicted molar refractivity (Wildman–Crippen MR) is 165 cm³/mol. The molecular weight excluding hydrogens is 473 g/mol. The SMILES string of the molecule is CC(C)(C)C(c1cccc(C(C(C)(C)C)[Si](C)(C)c2ccccc2)c1S)[Si](C)(C)c1ccccc1. The van der Waals surface area contributed by atoms with Crippen LogP contribution in [-0.2, 0) is 0 Å². The summed E-state index contributed by atoms with van der Waals surface area (Å²) >= 11 is 5.39. The minimum Gasteiger partial charge on any atom is -0.143 e. The predicted octanol–water partition coefficient (Wildman–Crippen LogP) is 8.54. The van der Waals surface area contributed by atoms with Gasteiger partial charge in [0.05, 0.1) is 16.1 Å². The normalized spacial score (nSPS) is 15.1. The van der Waals surface area contributed by atoms with E-state index in [4.69, 9.17) is 12.6 Å². The molecule has 0 saturated heterocycles. The van der Waals surface area contributed by atoms with E-state index in [-0.39, 0.29) is 10.8 Å². The van der Waals surface area contributed by atoms with Gasteiger partial charge < -0.3 is 0 Å². The van der Waals surface area contributed by atoms with Crippen LogP contribution in [0.5, 0.6) is 0 Å². The van der Waals surface area contributed by atoms with Gasteiger partial charge >= 0.3 is 0 Å². The fraction of sp³-hybridized carbons (Fsp3) is 0.438. The van der Waals surface area contributed by atoms with E-state index in [1.807, 2.05) is 0 Å². The first-order valence-corrected chi connectivity index (χ1v) is 19.6. The highest BCUT2D eigenvalue weighted by atomic mass is 32.1. The van der Waals surface area contributed by atoms with Crippen LogP contribution < -0.4 is 10.4 Å². The van der Waals surface area contributed by atoms with Crippen LogP contribution in [0.2, 0.25) is 26.2 Å². The molecule has 0 aromatic heterocycles. The van der Waals surface area contributed by atoms with E-state index in [0.29, 0.717) is 11.1 Å². The Bertz CT molecular complexity index is 1030. The van der Waals surface area contributed by atoms with Crippen LogP contribution in [0.3, 0.4) is 0 Å². The zero-order chi connectivity index (χ0) is 26.2. The molecule has 0 fully saturated rings. The topological polar surface area (TPSA) is 0 Å². The van der Waals surface area contributed by atoms with Crippen LogP contribution >= 0.6 is 12.6 Å². The number of thiol groups is 1. The third kappa shape index (κ3) is 5.73. The van der Waals surface area contributed by atoms with Crippen LogP contribution in [0.15, 0.2) is 83.8 Å². The van der Waals surface area contributed by atoms with Crippen molar-refractivity contribution in [3.8, 4) is 0 Å². The molecular formula is C32H46SSi2. The van der Waals surface area contributed by atoms with Gasteiger partial charge in [0, 0.05) is 4.90 Å². The van der Waals surface area contributed by atoms with Crippen molar-refractivity contribution < 1.29 is 0 Å². The summed E-state index contributed by atoms with van der Waals surface area (Å²) in [5.41, 5.74) is 4.03. The maximum Gasteiger partial charge on any atom is 0.0885 e. The first kappa shape index (κ1) is 28.0.